The van der Waals surface area contributed by atoms with Crippen LogP contribution in [0.4, 0.5) is 5.69 Å². The van der Waals surface area contributed by atoms with Gasteiger partial charge >= 0.3 is 5.97 Å². The third-order valence-corrected chi connectivity index (χ3v) is 6.66. The molecular formula is C27H25N3O4S. The standard InChI is InChI=1S/C27H25N3O4S/c1-18-24(35-23-13-9-8-12-22(23)30(32)33)25(29(28-18)21-10-6-5-7-11-21)34-26(31)19-14-16-20(17-15-19)27(2,3)4/h5-17H,1-4H3. The minimum Gasteiger partial charge on any atom is -0.402 e. The van der Waals surface area contributed by atoms with Crippen molar-refractivity contribution in [3.8, 4) is 11.6 Å². The Morgan fingerprint density at radius 2 is 1.60 bits per heavy atom. The third-order valence-electron chi connectivity index (χ3n) is 5.42. The predicted molar refractivity (Wildman–Crippen MR) is 136 cm³/mol. The van der Waals surface area contributed by atoms with E-state index in [2.05, 4.69) is 25.9 Å². The Kier molecular flexibility index (Phi) is 6.75. The molecule has 0 fully saturated rings. The first-order valence-electron chi connectivity index (χ1n) is 11.0. The summed E-state index contributed by atoms with van der Waals surface area (Å²) in [7, 11) is 0. The molecule has 0 aliphatic carbocycles. The van der Waals surface area contributed by atoms with E-state index in [-0.39, 0.29) is 17.0 Å². The number of carbonyl (C=O) groups excluding carboxylic acids is 1. The van der Waals surface area contributed by atoms with Gasteiger partial charge in [-0.2, -0.15) is 9.78 Å². The van der Waals surface area contributed by atoms with E-state index in [1.165, 1.54) is 6.07 Å². The average molecular weight is 488 g/mol. The molecular weight excluding hydrogens is 462 g/mol. The second-order valence-electron chi connectivity index (χ2n) is 9.01. The van der Waals surface area contributed by atoms with E-state index < -0.39 is 10.9 Å². The fraction of sp³-hybridized carbons (Fsp3) is 0.185. The van der Waals surface area contributed by atoms with Gasteiger partial charge in [0.25, 0.3) is 5.69 Å². The number of carbonyl (C=O) groups is 1. The summed E-state index contributed by atoms with van der Waals surface area (Å²) in [4.78, 5) is 25.3. The van der Waals surface area contributed by atoms with Crippen LogP contribution in [-0.4, -0.2) is 20.7 Å². The number of hydrogen-bond donors (Lipinski definition) is 0. The van der Waals surface area contributed by atoms with Crippen LogP contribution in [0.3, 0.4) is 0 Å². The molecule has 0 radical (unpaired) electrons. The predicted octanol–water partition coefficient (Wildman–Crippen LogP) is 6.76. The molecule has 4 aromatic rings. The van der Waals surface area contributed by atoms with Gasteiger partial charge in [-0.05, 0) is 48.2 Å². The van der Waals surface area contributed by atoms with E-state index in [1.807, 2.05) is 42.5 Å². The summed E-state index contributed by atoms with van der Waals surface area (Å²) in [5, 5.41) is 16.1. The van der Waals surface area contributed by atoms with Crippen LogP contribution in [-0.2, 0) is 5.41 Å². The molecule has 7 nitrogen and oxygen atoms in total. The Balaban J connectivity index is 1.76. The zero-order chi connectivity index (χ0) is 25.2. The van der Waals surface area contributed by atoms with E-state index in [9.17, 15) is 14.9 Å². The van der Waals surface area contributed by atoms with Crippen LogP contribution in [0.15, 0.2) is 88.7 Å². The van der Waals surface area contributed by atoms with E-state index in [1.54, 1.807) is 41.9 Å². The number of aromatic nitrogens is 2. The number of rotatable bonds is 6. The third kappa shape index (κ3) is 5.27. The summed E-state index contributed by atoms with van der Waals surface area (Å²) in [5.41, 5.74) is 2.72. The normalized spacial score (nSPS) is 11.3. The van der Waals surface area contributed by atoms with Crippen molar-refractivity contribution in [3.63, 3.8) is 0 Å². The quantitative estimate of drug-likeness (QED) is 0.170. The van der Waals surface area contributed by atoms with Crippen molar-refractivity contribution in [2.75, 3.05) is 0 Å². The highest BCUT2D eigenvalue weighted by molar-refractivity contribution is 7.99. The van der Waals surface area contributed by atoms with Crippen LogP contribution in [0.1, 0.15) is 42.4 Å². The van der Waals surface area contributed by atoms with Crippen LogP contribution in [0.25, 0.3) is 5.69 Å². The lowest BCUT2D eigenvalue weighted by Gasteiger charge is -2.19. The van der Waals surface area contributed by atoms with E-state index >= 15 is 0 Å². The topological polar surface area (TPSA) is 87.3 Å². The van der Waals surface area contributed by atoms with Gasteiger partial charge in [-0.15, -0.1) is 0 Å². The summed E-state index contributed by atoms with van der Waals surface area (Å²) in [5.74, 6) is -0.325. The fourth-order valence-electron chi connectivity index (χ4n) is 3.50. The van der Waals surface area contributed by atoms with Crippen molar-refractivity contribution in [1.82, 2.24) is 9.78 Å². The first-order valence-corrected chi connectivity index (χ1v) is 11.9. The van der Waals surface area contributed by atoms with Crippen LogP contribution >= 0.6 is 11.8 Å². The van der Waals surface area contributed by atoms with Crippen molar-refractivity contribution < 1.29 is 14.5 Å². The molecule has 0 bridgehead atoms. The Labute approximate surface area is 207 Å². The van der Waals surface area contributed by atoms with Gasteiger partial charge in [-0.3, -0.25) is 10.1 Å². The smallest absolute Gasteiger partial charge is 0.344 e. The number of ether oxygens (including phenoxy) is 1. The van der Waals surface area contributed by atoms with Crippen LogP contribution in [0, 0.1) is 17.0 Å². The SMILES string of the molecule is Cc1nn(-c2ccccc2)c(OC(=O)c2ccc(C(C)(C)C)cc2)c1Sc1ccccc1[N+](=O)[O-]. The number of benzene rings is 3. The van der Waals surface area contributed by atoms with E-state index in [0.29, 0.717) is 26.7 Å². The number of nitro benzene ring substituents is 1. The summed E-state index contributed by atoms with van der Waals surface area (Å²) >= 11 is 1.15. The lowest BCUT2D eigenvalue weighted by Crippen LogP contribution is -2.14. The maximum atomic E-state index is 13.2. The molecule has 4 rings (SSSR count). The van der Waals surface area contributed by atoms with Gasteiger partial charge in [0.1, 0.15) is 0 Å². The number of nitro groups is 1. The van der Waals surface area contributed by atoms with Crippen molar-refractivity contribution >= 4 is 23.4 Å². The molecule has 35 heavy (non-hydrogen) atoms. The average Bonchev–Trinajstić information content (AvgIpc) is 3.14. The van der Waals surface area contributed by atoms with Gasteiger partial charge in [0.15, 0.2) is 0 Å². The molecule has 3 aromatic carbocycles. The van der Waals surface area contributed by atoms with Crippen molar-refractivity contribution in [1.29, 1.82) is 0 Å². The van der Waals surface area contributed by atoms with Gasteiger partial charge in [0.05, 0.1) is 31.7 Å². The van der Waals surface area contributed by atoms with Crippen molar-refractivity contribution in [2.24, 2.45) is 0 Å². The zero-order valence-corrected chi connectivity index (χ0v) is 20.7. The lowest BCUT2D eigenvalue weighted by molar-refractivity contribution is -0.387. The molecule has 0 aliphatic heterocycles. The minimum atomic E-state index is -0.535. The van der Waals surface area contributed by atoms with Gasteiger partial charge in [0, 0.05) is 6.07 Å². The molecule has 0 atom stereocenters. The molecule has 178 valence electrons. The Morgan fingerprint density at radius 3 is 2.23 bits per heavy atom. The first-order chi connectivity index (χ1) is 16.6. The number of hydrogen-bond acceptors (Lipinski definition) is 6. The molecule has 0 saturated heterocycles. The first kappa shape index (κ1) is 24.2. The highest BCUT2D eigenvalue weighted by Crippen LogP contribution is 2.42. The maximum absolute atomic E-state index is 13.2. The van der Waals surface area contributed by atoms with Gasteiger partial charge in [-0.1, -0.05) is 75.0 Å². The van der Waals surface area contributed by atoms with E-state index in [4.69, 9.17) is 4.74 Å². The van der Waals surface area contributed by atoms with Gasteiger partial charge in [-0.25, -0.2) is 4.79 Å². The Bertz CT molecular complexity index is 1370. The lowest BCUT2D eigenvalue weighted by atomic mass is 9.87. The molecule has 0 amide bonds. The summed E-state index contributed by atoms with van der Waals surface area (Å²) in [6.07, 6.45) is 0. The molecule has 1 heterocycles. The van der Waals surface area contributed by atoms with Crippen LogP contribution < -0.4 is 4.74 Å². The summed E-state index contributed by atoms with van der Waals surface area (Å²) < 4.78 is 7.46. The molecule has 8 heteroatoms. The monoisotopic (exact) mass is 487 g/mol. The zero-order valence-electron chi connectivity index (χ0n) is 19.9. The number of nitrogens with zero attached hydrogens (tertiary/aromatic N) is 3. The van der Waals surface area contributed by atoms with Crippen molar-refractivity contribution in [2.45, 2.75) is 42.9 Å². The second kappa shape index (κ2) is 9.76. The van der Waals surface area contributed by atoms with Gasteiger partial charge in [0.2, 0.25) is 5.88 Å². The van der Waals surface area contributed by atoms with Crippen LogP contribution in [0.2, 0.25) is 0 Å². The molecule has 0 unspecified atom stereocenters. The van der Waals surface area contributed by atoms with Gasteiger partial charge < -0.3 is 4.74 Å². The molecule has 0 aliphatic rings. The molecule has 0 saturated carbocycles. The number of esters is 1. The summed E-state index contributed by atoms with van der Waals surface area (Å²) in [6.45, 7) is 8.10. The van der Waals surface area contributed by atoms with Crippen LogP contribution in [0.5, 0.6) is 5.88 Å². The molecule has 0 N–H and O–H groups in total. The highest BCUT2D eigenvalue weighted by atomic mass is 32.2. The van der Waals surface area contributed by atoms with Crippen molar-refractivity contribution in [3.05, 3.63) is 106 Å². The highest BCUT2D eigenvalue weighted by Gasteiger charge is 2.25. The Hall–Kier alpha value is -3.91. The molecule has 1 aromatic heterocycles. The number of para-hydroxylation sites is 2. The summed E-state index contributed by atoms with van der Waals surface area (Å²) in [6, 6.07) is 23.1. The molecule has 0 spiro atoms. The Morgan fingerprint density at radius 1 is 0.971 bits per heavy atom. The fourth-order valence-corrected chi connectivity index (χ4v) is 4.52. The van der Waals surface area contributed by atoms with E-state index in [0.717, 1.165) is 17.3 Å². The maximum Gasteiger partial charge on any atom is 0.344 e. The number of aryl methyl sites for hydroxylation is 1. The second-order valence-corrected chi connectivity index (χ2v) is 10.1. The largest absolute Gasteiger partial charge is 0.402 e. The minimum absolute atomic E-state index is 0.0283.